The van der Waals surface area contributed by atoms with Crippen molar-refractivity contribution in [2.45, 2.75) is 25.7 Å². The van der Waals surface area contributed by atoms with Crippen LogP contribution in [0.25, 0.3) is 5.52 Å². The molecule has 96 valence electrons. The lowest BCUT2D eigenvalue weighted by Gasteiger charge is -2.28. The van der Waals surface area contributed by atoms with E-state index < -0.39 is 0 Å². The zero-order valence-electron chi connectivity index (χ0n) is 10.9. The van der Waals surface area contributed by atoms with Gasteiger partial charge in [-0.1, -0.05) is 6.07 Å². The fourth-order valence-corrected chi connectivity index (χ4v) is 3.24. The van der Waals surface area contributed by atoms with Gasteiger partial charge < -0.3 is 9.30 Å². The number of rotatable bonds is 1. The molecule has 1 saturated heterocycles. The molecule has 1 fully saturated rings. The lowest BCUT2D eigenvalue weighted by Crippen LogP contribution is -2.29. The monoisotopic (exact) mass is 307 g/mol. The number of hydrogen-bond acceptors (Lipinski definition) is 2. The molecule has 1 aliphatic rings. The Morgan fingerprint density at radius 3 is 2.72 bits per heavy atom. The van der Waals surface area contributed by atoms with Crippen molar-refractivity contribution >= 4 is 21.4 Å². The largest absolute Gasteiger partial charge is 0.306 e. The van der Waals surface area contributed by atoms with Crippen LogP contribution in [0.5, 0.6) is 0 Å². The van der Waals surface area contributed by atoms with Gasteiger partial charge in [-0.15, -0.1) is 0 Å². The molecule has 3 rings (SSSR count). The predicted molar refractivity (Wildman–Crippen MR) is 77.1 cm³/mol. The second-order valence-corrected chi connectivity index (χ2v) is 6.05. The predicted octanol–water partition coefficient (Wildman–Crippen LogP) is 3.21. The molecule has 0 atom stereocenters. The molecule has 0 aromatic carbocycles. The maximum absolute atomic E-state index is 4.74. The lowest BCUT2D eigenvalue weighted by molar-refractivity contribution is 0.251. The van der Waals surface area contributed by atoms with Crippen LogP contribution in [0.15, 0.2) is 22.9 Å². The van der Waals surface area contributed by atoms with Crippen molar-refractivity contribution in [3.63, 3.8) is 0 Å². The first-order chi connectivity index (χ1) is 8.65. The highest BCUT2D eigenvalue weighted by Gasteiger charge is 2.23. The van der Waals surface area contributed by atoms with Crippen LogP contribution < -0.4 is 0 Å². The SMILES string of the molecule is Cc1ccc2c(Br)nc(C3CCN(C)CC3)n2c1. The van der Waals surface area contributed by atoms with Gasteiger partial charge in [0.05, 0.1) is 5.52 Å². The summed E-state index contributed by atoms with van der Waals surface area (Å²) in [5.41, 5.74) is 2.45. The fourth-order valence-electron chi connectivity index (χ4n) is 2.73. The molecule has 2 aromatic heterocycles. The van der Waals surface area contributed by atoms with E-state index in [9.17, 15) is 0 Å². The van der Waals surface area contributed by atoms with Crippen LogP contribution in [0.1, 0.15) is 30.1 Å². The molecule has 3 nitrogen and oxygen atoms in total. The second-order valence-electron chi connectivity index (χ2n) is 5.30. The summed E-state index contributed by atoms with van der Waals surface area (Å²) in [5.74, 6) is 1.80. The van der Waals surface area contributed by atoms with E-state index in [0.717, 1.165) is 4.60 Å². The first-order valence-electron chi connectivity index (χ1n) is 6.48. The number of piperidine rings is 1. The lowest BCUT2D eigenvalue weighted by atomic mass is 9.96. The van der Waals surface area contributed by atoms with Crippen molar-refractivity contribution < 1.29 is 0 Å². The van der Waals surface area contributed by atoms with Gasteiger partial charge in [-0.25, -0.2) is 4.98 Å². The number of nitrogens with zero attached hydrogens (tertiary/aromatic N) is 3. The maximum Gasteiger partial charge on any atom is 0.132 e. The van der Waals surface area contributed by atoms with Gasteiger partial charge in [0, 0.05) is 12.1 Å². The molecular weight excluding hydrogens is 290 g/mol. The Labute approximate surface area is 116 Å². The highest BCUT2D eigenvalue weighted by atomic mass is 79.9. The molecule has 2 aromatic rings. The summed E-state index contributed by atoms with van der Waals surface area (Å²) in [6.07, 6.45) is 4.60. The Morgan fingerprint density at radius 2 is 2.00 bits per heavy atom. The Bertz CT molecular complexity index is 568. The van der Waals surface area contributed by atoms with Gasteiger partial charge in [0.2, 0.25) is 0 Å². The topological polar surface area (TPSA) is 20.5 Å². The van der Waals surface area contributed by atoms with Gasteiger partial charge in [-0.3, -0.25) is 0 Å². The molecule has 3 heterocycles. The standard InChI is InChI=1S/C14H18BrN3/c1-10-3-4-12-13(15)16-14(18(12)9-10)11-5-7-17(2)8-6-11/h3-4,9,11H,5-8H2,1-2H3. The van der Waals surface area contributed by atoms with Crippen LogP contribution in [0.4, 0.5) is 0 Å². The average Bonchev–Trinajstić information content (AvgIpc) is 2.67. The number of halogens is 1. The van der Waals surface area contributed by atoms with E-state index in [2.05, 4.69) is 57.5 Å². The van der Waals surface area contributed by atoms with E-state index in [1.54, 1.807) is 0 Å². The maximum atomic E-state index is 4.74. The van der Waals surface area contributed by atoms with E-state index in [0.29, 0.717) is 5.92 Å². The van der Waals surface area contributed by atoms with Gasteiger partial charge in [0.15, 0.2) is 0 Å². The summed E-state index contributed by atoms with van der Waals surface area (Å²) in [6.45, 7) is 4.47. The molecular formula is C14H18BrN3. The van der Waals surface area contributed by atoms with Crippen molar-refractivity contribution in [2.75, 3.05) is 20.1 Å². The third-order valence-electron chi connectivity index (χ3n) is 3.85. The van der Waals surface area contributed by atoms with Crippen LogP contribution in [0.3, 0.4) is 0 Å². The fraction of sp³-hybridized carbons (Fsp3) is 0.500. The van der Waals surface area contributed by atoms with Gasteiger partial charge in [0.1, 0.15) is 10.4 Å². The first-order valence-corrected chi connectivity index (χ1v) is 7.27. The minimum absolute atomic E-state index is 0.585. The summed E-state index contributed by atoms with van der Waals surface area (Å²) in [6, 6.07) is 4.28. The number of pyridine rings is 1. The third kappa shape index (κ3) is 2.08. The quantitative estimate of drug-likeness (QED) is 0.806. The highest BCUT2D eigenvalue weighted by molar-refractivity contribution is 9.10. The molecule has 0 amide bonds. The number of hydrogen-bond donors (Lipinski definition) is 0. The van der Waals surface area contributed by atoms with Crippen molar-refractivity contribution in [1.29, 1.82) is 0 Å². The van der Waals surface area contributed by atoms with Gasteiger partial charge in [-0.05, 0) is 67.5 Å². The van der Waals surface area contributed by atoms with Crippen molar-refractivity contribution in [2.24, 2.45) is 0 Å². The summed E-state index contributed by atoms with van der Waals surface area (Å²) < 4.78 is 3.23. The Morgan fingerprint density at radius 1 is 1.28 bits per heavy atom. The number of aryl methyl sites for hydroxylation is 1. The molecule has 0 spiro atoms. The number of imidazole rings is 1. The van der Waals surface area contributed by atoms with E-state index in [4.69, 9.17) is 4.98 Å². The number of aromatic nitrogens is 2. The van der Waals surface area contributed by atoms with Gasteiger partial charge in [-0.2, -0.15) is 0 Å². The molecule has 0 unspecified atom stereocenters. The Hall–Kier alpha value is -0.870. The smallest absolute Gasteiger partial charge is 0.132 e. The zero-order chi connectivity index (χ0) is 12.7. The van der Waals surface area contributed by atoms with Crippen molar-refractivity contribution in [3.05, 3.63) is 34.3 Å². The van der Waals surface area contributed by atoms with Crippen molar-refractivity contribution in [1.82, 2.24) is 14.3 Å². The van der Waals surface area contributed by atoms with Gasteiger partial charge >= 0.3 is 0 Å². The van der Waals surface area contributed by atoms with Crippen LogP contribution in [-0.4, -0.2) is 34.4 Å². The van der Waals surface area contributed by atoms with E-state index in [1.807, 2.05) is 0 Å². The highest BCUT2D eigenvalue weighted by Crippen LogP contribution is 2.30. The van der Waals surface area contributed by atoms with Crippen LogP contribution >= 0.6 is 15.9 Å². The van der Waals surface area contributed by atoms with Gasteiger partial charge in [0.25, 0.3) is 0 Å². The average molecular weight is 308 g/mol. The van der Waals surface area contributed by atoms with E-state index in [1.165, 1.54) is 42.8 Å². The number of fused-ring (bicyclic) bond motifs is 1. The molecule has 0 N–H and O–H groups in total. The summed E-state index contributed by atoms with van der Waals surface area (Å²) in [7, 11) is 2.19. The molecule has 0 bridgehead atoms. The minimum Gasteiger partial charge on any atom is -0.306 e. The van der Waals surface area contributed by atoms with E-state index >= 15 is 0 Å². The molecule has 1 aliphatic heterocycles. The normalized spacial score (nSPS) is 18.6. The molecule has 0 radical (unpaired) electrons. The molecule has 4 heteroatoms. The minimum atomic E-state index is 0.585. The summed E-state index contributed by atoms with van der Waals surface area (Å²) >= 11 is 3.58. The van der Waals surface area contributed by atoms with Crippen LogP contribution in [0.2, 0.25) is 0 Å². The van der Waals surface area contributed by atoms with E-state index in [-0.39, 0.29) is 0 Å². The third-order valence-corrected chi connectivity index (χ3v) is 4.43. The summed E-state index contributed by atoms with van der Waals surface area (Å²) in [5, 5.41) is 0. The van der Waals surface area contributed by atoms with Crippen LogP contribution in [0, 0.1) is 6.92 Å². The molecule has 0 saturated carbocycles. The first kappa shape index (κ1) is 12.2. The Kier molecular flexibility index (Phi) is 3.16. The molecule has 18 heavy (non-hydrogen) atoms. The van der Waals surface area contributed by atoms with Crippen molar-refractivity contribution in [3.8, 4) is 0 Å². The number of likely N-dealkylation sites (tertiary alicyclic amines) is 1. The molecule has 0 aliphatic carbocycles. The second kappa shape index (κ2) is 4.67. The summed E-state index contributed by atoms with van der Waals surface area (Å²) in [4.78, 5) is 7.14. The Balaban J connectivity index is 2.03. The zero-order valence-corrected chi connectivity index (χ0v) is 12.4. The van der Waals surface area contributed by atoms with Crippen LogP contribution in [-0.2, 0) is 0 Å².